The first-order valence-corrected chi connectivity index (χ1v) is 7.93. The minimum atomic E-state index is -0.709. The van der Waals surface area contributed by atoms with Gasteiger partial charge in [0.05, 0.1) is 6.21 Å². The minimum Gasteiger partial charge on any atom is -0.488 e. The van der Waals surface area contributed by atoms with Gasteiger partial charge >= 0.3 is 6.03 Å². The molecule has 0 aromatic heterocycles. The SMILES string of the molecule is Cc1ccccc1COc1ccc2ccccc2c1/C=N/NC(N)=O. The molecular formula is C20H19N3O2. The molecule has 3 aromatic rings. The molecule has 0 radical (unpaired) electrons. The van der Waals surface area contributed by atoms with Crippen LogP contribution >= 0.6 is 0 Å². The Balaban J connectivity index is 1.94. The molecule has 0 saturated carbocycles. The fourth-order valence-electron chi connectivity index (χ4n) is 2.62. The molecule has 0 aliphatic heterocycles. The Kier molecular flexibility index (Phi) is 4.95. The number of aryl methyl sites for hydroxylation is 1. The molecule has 0 fully saturated rings. The van der Waals surface area contributed by atoms with Crippen LogP contribution in [0, 0.1) is 6.92 Å². The van der Waals surface area contributed by atoms with Crippen LogP contribution in [0.15, 0.2) is 65.8 Å². The Morgan fingerprint density at radius 1 is 1.12 bits per heavy atom. The van der Waals surface area contributed by atoms with Crippen LogP contribution in [0.3, 0.4) is 0 Å². The molecule has 5 nitrogen and oxygen atoms in total. The Labute approximate surface area is 146 Å². The number of fused-ring (bicyclic) bond motifs is 1. The summed E-state index contributed by atoms with van der Waals surface area (Å²) in [5, 5.41) is 5.94. The number of nitrogens with one attached hydrogen (secondary N) is 1. The number of nitrogens with two attached hydrogens (primary N) is 1. The highest BCUT2D eigenvalue weighted by molar-refractivity contribution is 6.02. The normalized spacial score (nSPS) is 10.9. The summed E-state index contributed by atoms with van der Waals surface area (Å²) >= 11 is 0. The molecule has 0 aliphatic rings. The van der Waals surface area contributed by atoms with Crippen LogP contribution < -0.4 is 15.9 Å². The van der Waals surface area contributed by atoms with Crippen LogP contribution in [-0.2, 0) is 6.61 Å². The maximum atomic E-state index is 10.9. The van der Waals surface area contributed by atoms with Gasteiger partial charge in [0.1, 0.15) is 12.4 Å². The summed E-state index contributed by atoms with van der Waals surface area (Å²) in [6.07, 6.45) is 1.56. The predicted octanol–water partition coefficient (Wildman–Crippen LogP) is 3.73. The van der Waals surface area contributed by atoms with Gasteiger partial charge in [0.25, 0.3) is 0 Å². The van der Waals surface area contributed by atoms with Crippen molar-refractivity contribution in [3.63, 3.8) is 0 Å². The quantitative estimate of drug-likeness (QED) is 0.551. The maximum absolute atomic E-state index is 10.9. The lowest BCUT2D eigenvalue weighted by Crippen LogP contribution is -2.24. The van der Waals surface area contributed by atoms with Crippen LogP contribution in [0.1, 0.15) is 16.7 Å². The second-order valence-corrected chi connectivity index (χ2v) is 5.65. The number of primary amides is 1. The minimum absolute atomic E-state index is 0.453. The highest BCUT2D eigenvalue weighted by atomic mass is 16.5. The van der Waals surface area contributed by atoms with Crippen molar-refractivity contribution in [3.05, 3.63) is 77.4 Å². The van der Waals surface area contributed by atoms with E-state index in [2.05, 4.69) is 23.5 Å². The third-order valence-corrected chi connectivity index (χ3v) is 3.94. The Hall–Kier alpha value is -3.34. The Morgan fingerprint density at radius 3 is 2.68 bits per heavy atom. The van der Waals surface area contributed by atoms with Crippen molar-refractivity contribution in [2.45, 2.75) is 13.5 Å². The van der Waals surface area contributed by atoms with Crippen molar-refractivity contribution in [1.82, 2.24) is 5.43 Å². The first kappa shape index (κ1) is 16.5. The summed E-state index contributed by atoms with van der Waals surface area (Å²) in [6, 6.07) is 19.2. The average molecular weight is 333 g/mol. The van der Waals surface area contributed by atoms with Gasteiger partial charge in [0.15, 0.2) is 0 Å². The molecule has 5 heteroatoms. The number of rotatable bonds is 5. The van der Waals surface area contributed by atoms with Gasteiger partial charge in [-0.3, -0.25) is 0 Å². The number of hydrogen-bond acceptors (Lipinski definition) is 3. The van der Waals surface area contributed by atoms with E-state index < -0.39 is 6.03 Å². The van der Waals surface area contributed by atoms with E-state index in [9.17, 15) is 4.79 Å². The number of nitrogens with zero attached hydrogens (tertiary/aromatic N) is 1. The van der Waals surface area contributed by atoms with Gasteiger partial charge in [-0.05, 0) is 34.9 Å². The van der Waals surface area contributed by atoms with Crippen LogP contribution in [-0.4, -0.2) is 12.2 Å². The molecule has 3 aromatic carbocycles. The number of urea groups is 1. The standard InChI is InChI=1S/C20H19N3O2/c1-14-6-2-3-8-16(14)13-25-19-11-10-15-7-4-5-9-17(15)18(19)12-22-23-20(21)24/h2-12H,13H2,1H3,(H3,21,23,24)/b22-12+. The third kappa shape index (κ3) is 3.95. The monoisotopic (exact) mass is 333 g/mol. The molecule has 0 heterocycles. The van der Waals surface area contributed by atoms with Crippen LogP contribution in [0.4, 0.5) is 4.79 Å². The number of carbonyl (C=O) groups excluding carboxylic acids is 1. The van der Waals surface area contributed by atoms with E-state index in [1.54, 1.807) is 6.21 Å². The molecular weight excluding hydrogens is 314 g/mol. The number of hydrazone groups is 1. The highest BCUT2D eigenvalue weighted by Gasteiger charge is 2.08. The summed E-state index contributed by atoms with van der Waals surface area (Å²) in [6.45, 7) is 2.51. The number of amides is 2. The van der Waals surface area contributed by atoms with Gasteiger partial charge in [-0.1, -0.05) is 54.6 Å². The van der Waals surface area contributed by atoms with Gasteiger partial charge in [0, 0.05) is 5.56 Å². The van der Waals surface area contributed by atoms with Crippen LogP contribution in [0.25, 0.3) is 10.8 Å². The highest BCUT2D eigenvalue weighted by Crippen LogP contribution is 2.27. The second kappa shape index (κ2) is 7.49. The van der Waals surface area contributed by atoms with Gasteiger partial charge in [-0.25, -0.2) is 10.2 Å². The molecule has 3 N–H and O–H groups in total. The molecule has 0 saturated heterocycles. The van der Waals surface area contributed by atoms with Crippen molar-refractivity contribution in [2.75, 3.05) is 0 Å². The average Bonchev–Trinajstić information content (AvgIpc) is 2.61. The zero-order valence-electron chi connectivity index (χ0n) is 13.9. The first-order chi connectivity index (χ1) is 12.1. The Bertz CT molecular complexity index is 935. The number of benzene rings is 3. The molecule has 0 unspecified atom stereocenters. The summed E-state index contributed by atoms with van der Waals surface area (Å²) in [5.41, 5.74) is 10.4. The van der Waals surface area contributed by atoms with Gasteiger partial charge in [-0.2, -0.15) is 5.10 Å². The summed E-state index contributed by atoms with van der Waals surface area (Å²) in [4.78, 5) is 10.9. The van der Waals surface area contributed by atoms with E-state index in [4.69, 9.17) is 10.5 Å². The molecule has 0 bridgehead atoms. The van der Waals surface area contributed by atoms with E-state index in [1.807, 2.05) is 54.6 Å². The number of ether oxygens (including phenoxy) is 1. The van der Waals surface area contributed by atoms with E-state index in [0.717, 1.165) is 21.9 Å². The van der Waals surface area contributed by atoms with Crippen LogP contribution in [0.2, 0.25) is 0 Å². The zero-order valence-corrected chi connectivity index (χ0v) is 13.9. The van der Waals surface area contributed by atoms with E-state index in [1.165, 1.54) is 5.56 Å². The van der Waals surface area contributed by atoms with Crippen LogP contribution in [0.5, 0.6) is 5.75 Å². The molecule has 2 amide bonds. The lowest BCUT2D eigenvalue weighted by atomic mass is 10.0. The van der Waals surface area contributed by atoms with Crippen molar-refractivity contribution < 1.29 is 9.53 Å². The first-order valence-electron chi connectivity index (χ1n) is 7.93. The molecule has 126 valence electrons. The van der Waals surface area contributed by atoms with Crippen molar-refractivity contribution in [2.24, 2.45) is 10.8 Å². The Morgan fingerprint density at radius 2 is 1.88 bits per heavy atom. The predicted molar refractivity (Wildman–Crippen MR) is 99.8 cm³/mol. The van der Waals surface area contributed by atoms with Crippen molar-refractivity contribution >= 4 is 23.0 Å². The summed E-state index contributed by atoms with van der Waals surface area (Å²) in [5.74, 6) is 0.692. The molecule has 25 heavy (non-hydrogen) atoms. The maximum Gasteiger partial charge on any atom is 0.332 e. The van der Waals surface area contributed by atoms with E-state index in [-0.39, 0.29) is 0 Å². The lowest BCUT2D eigenvalue weighted by Gasteiger charge is -2.13. The van der Waals surface area contributed by atoms with Crippen molar-refractivity contribution in [3.8, 4) is 5.75 Å². The molecule has 3 rings (SSSR count). The van der Waals surface area contributed by atoms with E-state index >= 15 is 0 Å². The van der Waals surface area contributed by atoms with Crippen molar-refractivity contribution in [1.29, 1.82) is 0 Å². The second-order valence-electron chi connectivity index (χ2n) is 5.65. The van der Waals surface area contributed by atoms with Gasteiger partial charge in [-0.15, -0.1) is 0 Å². The lowest BCUT2D eigenvalue weighted by molar-refractivity contribution is 0.249. The fourth-order valence-corrected chi connectivity index (χ4v) is 2.62. The van der Waals surface area contributed by atoms with E-state index in [0.29, 0.717) is 12.4 Å². The summed E-state index contributed by atoms with van der Waals surface area (Å²) < 4.78 is 6.03. The fraction of sp³-hybridized carbons (Fsp3) is 0.100. The summed E-state index contributed by atoms with van der Waals surface area (Å²) in [7, 11) is 0. The largest absolute Gasteiger partial charge is 0.488 e. The number of hydrogen-bond donors (Lipinski definition) is 2. The van der Waals surface area contributed by atoms with Gasteiger partial charge < -0.3 is 10.5 Å². The zero-order chi connectivity index (χ0) is 17.6. The molecule has 0 spiro atoms. The smallest absolute Gasteiger partial charge is 0.332 e. The number of carbonyl (C=O) groups is 1. The third-order valence-electron chi connectivity index (χ3n) is 3.94. The topological polar surface area (TPSA) is 76.7 Å². The molecule has 0 aliphatic carbocycles. The molecule has 0 atom stereocenters. The van der Waals surface area contributed by atoms with Gasteiger partial charge in [0.2, 0.25) is 0 Å².